The largest absolute Gasteiger partial charge is 0.756 e. The molecule has 0 amide bonds. The molecule has 2 unspecified atom stereocenters. The highest BCUT2D eigenvalue weighted by Crippen LogP contribution is 2.38. The minimum absolute atomic E-state index is 0.0428. The number of phosphoric acid groups is 1. The average Bonchev–Trinajstić information content (AvgIpc) is 3.43. The highest BCUT2D eigenvalue weighted by molar-refractivity contribution is 7.45. The van der Waals surface area contributed by atoms with Crippen molar-refractivity contribution in [1.29, 1.82) is 0 Å². The first-order chi connectivity index (χ1) is 39.5. The summed E-state index contributed by atoms with van der Waals surface area (Å²) in [7, 11) is 1.13. The molecule has 2 atom stereocenters. The topological polar surface area (TPSA) is 111 Å². The quantitative estimate of drug-likeness (QED) is 0.0195. The zero-order chi connectivity index (χ0) is 59.1. The normalized spacial score (nSPS) is 14.2. The van der Waals surface area contributed by atoms with Crippen molar-refractivity contribution in [3.05, 3.63) is 146 Å². The summed E-state index contributed by atoms with van der Waals surface area (Å²) < 4.78 is 34.2. The van der Waals surface area contributed by atoms with Crippen LogP contribution in [0, 0.1) is 0 Å². The van der Waals surface area contributed by atoms with Crippen LogP contribution >= 0.6 is 7.82 Å². The molecule has 460 valence electrons. The van der Waals surface area contributed by atoms with Crippen LogP contribution in [-0.4, -0.2) is 70.0 Å². The molecular weight excluding hydrogens is 1030 g/mol. The number of unbranched alkanes of at least 4 members (excludes halogenated alkanes) is 19. The van der Waals surface area contributed by atoms with Gasteiger partial charge in [-0.2, -0.15) is 0 Å². The molecule has 0 saturated carbocycles. The van der Waals surface area contributed by atoms with Gasteiger partial charge in [0.1, 0.15) is 19.8 Å². The Bertz CT molecular complexity index is 1880. The molecule has 0 N–H and O–H groups in total. The number of allylic oxidation sites excluding steroid dienone is 24. The van der Waals surface area contributed by atoms with Gasteiger partial charge in [0.2, 0.25) is 0 Å². The summed E-state index contributed by atoms with van der Waals surface area (Å²) in [5.41, 5.74) is 0. The van der Waals surface area contributed by atoms with Gasteiger partial charge in [-0.1, -0.05) is 250 Å². The van der Waals surface area contributed by atoms with Crippen molar-refractivity contribution in [2.45, 2.75) is 245 Å². The Morgan fingerprint density at radius 2 is 0.704 bits per heavy atom. The number of quaternary nitrogens is 1. The number of carbonyl (C=O) groups excluding carboxylic acids is 2. The molecule has 0 saturated heterocycles. The van der Waals surface area contributed by atoms with Crippen molar-refractivity contribution in [2.24, 2.45) is 0 Å². The van der Waals surface area contributed by atoms with Crippen LogP contribution in [-0.2, 0) is 32.7 Å². The van der Waals surface area contributed by atoms with Crippen LogP contribution in [0.2, 0.25) is 0 Å². The first kappa shape index (κ1) is 76.9. The van der Waals surface area contributed by atoms with Gasteiger partial charge >= 0.3 is 11.9 Å². The van der Waals surface area contributed by atoms with Gasteiger partial charge in [-0.05, 0) is 122 Å². The van der Waals surface area contributed by atoms with Crippen molar-refractivity contribution in [3.8, 4) is 0 Å². The number of likely N-dealkylation sites (N-methyl/N-ethyl adjacent to an activating group) is 1. The van der Waals surface area contributed by atoms with Gasteiger partial charge in [0.25, 0.3) is 7.82 Å². The molecule has 0 spiro atoms. The lowest BCUT2D eigenvalue weighted by molar-refractivity contribution is -0.870. The molecule has 0 aromatic carbocycles. The Balaban J connectivity index is 4.19. The number of hydrogen-bond acceptors (Lipinski definition) is 8. The second kappa shape index (κ2) is 60.5. The van der Waals surface area contributed by atoms with Gasteiger partial charge in [-0.15, -0.1) is 0 Å². The first-order valence-electron chi connectivity index (χ1n) is 32.0. The molecule has 10 heteroatoms. The summed E-state index contributed by atoms with van der Waals surface area (Å²) in [6, 6.07) is 0. The summed E-state index contributed by atoms with van der Waals surface area (Å²) in [6.45, 7) is 4.08. The second-order valence-electron chi connectivity index (χ2n) is 22.0. The van der Waals surface area contributed by atoms with Crippen LogP contribution in [0.4, 0.5) is 0 Å². The summed E-state index contributed by atoms with van der Waals surface area (Å²) in [5, 5.41) is 0. The maximum atomic E-state index is 12.8. The Kier molecular flexibility index (Phi) is 57.4. The van der Waals surface area contributed by atoms with Crippen molar-refractivity contribution in [3.63, 3.8) is 0 Å². The van der Waals surface area contributed by atoms with Crippen molar-refractivity contribution < 1.29 is 42.1 Å². The fourth-order valence-electron chi connectivity index (χ4n) is 8.18. The first-order valence-corrected chi connectivity index (χ1v) is 33.5. The SMILES string of the molecule is CC/C=C\C/C=C\C/C=C\C/C=C\C/C=C\C/C=C\C/C=C\C/C=C\C/C=C\C/C=C\C/C=C\CCCCCCCC(=O)OC(COC(=O)CCCCCCCCC/C=C\CCCCCCCCC)COP(=O)([O-])OCC[N+](C)(C)C. The van der Waals surface area contributed by atoms with Crippen molar-refractivity contribution in [2.75, 3.05) is 47.5 Å². The zero-order valence-electron chi connectivity index (χ0n) is 52.2. The molecule has 81 heavy (non-hydrogen) atoms. The second-order valence-corrected chi connectivity index (χ2v) is 23.4. The fourth-order valence-corrected chi connectivity index (χ4v) is 8.91. The van der Waals surface area contributed by atoms with E-state index < -0.39 is 32.5 Å². The lowest BCUT2D eigenvalue weighted by Gasteiger charge is -2.28. The Labute approximate surface area is 497 Å². The number of rotatable bonds is 57. The Morgan fingerprint density at radius 3 is 1.06 bits per heavy atom. The van der Waals surface area contributed by atoms with E-state index in [9.17, 15) is 19.0 Å². The van der Waals surface area contributed by atoms with Crippen LogP contribution in [0.25, 0.3) is 0 Å². The van der Waals surface area contributed by atoms with Gasteiger partial charge in [-0.3, -0.25) is 14.2 Å². The van der Waals surface area contributed by atoms with E-state index >= 15 is 0 Å². The fraction of sp³-hybridized carbons (Fsp3) is 0.634. The molecule has 0 radical (unpaired) electrons. The Morgan fingerprint density at radius 1 is 0.395 bits per heavy atom. The highest BCUT2D eigenvalue weighted by atomic mass is 31.2. The predicted molar refractivity (Wildman–Crippen MR) is 346 cm³/mol. The lowest BCUT2D eigenvalue weighted by Crippen LogP contribution is -2.37. The molecule has 0 heterocycles. The van der Waals surface area contributed by atoms with Crippen LogP contribution in [0.3, 0.4) is 0 Å². The van der Waals surface area contributed by atoms with Gasteiger partial charge in [-0.25, -0.2) is 0 Å². The molecular formula is C71H118NO8P. The molecule has 0 aliphatic rings. The maximum absolute atomic E-state index is 12.8. The maximum Gasteiger partial charge on any atom is 0.306 e. The summed E-state index contributed by atoms with van der Waals surface area (Å²) in [6.07, 6.45) is 89.0. The molecule has 0 aromatic heterocycles. The third kappa shape index (κ3) is 64.9. The predicted octanol–water partition coefficient (Wildman–Crippen LogP) is 20.0. The molecule has 9 nitrogen and oxygen atoms in total. The van der Waals surface area contributed by atoms with Gasteiger partial charge in [0.15, 0.2) is 6.10 Å². The number of carbonyl (C=O) groups is 2. The van der Waals surface area contributed by atoms with Gasteiger partial charge in [0.05, 0.1) is 27.7 Å². The highest BCUT2D eigenvalue weighted by Gasteiger charge is 2.22. The van der Waals surface area contributed by atoms with Crippen LogP contribution in [0.15, 0.2) is 146 Å². The van der Waals surface area contributed by atoms with E-state index in [1.54, 1.807) is 0 Å². The molecule has 0 rings (SSSR count). The van der Waals surface area contributed by atoms with Crippen molar-refractivity contribution >= 4 is 19.8 Å². The number of nitrogens with zero attached hydrogens (tertiary/aromatic N) is 1. The van der Waals surface area contributed by atoms with Gasteiger partial charge in [0, 0.05) is 12.8 Å². The van der Waals surface area contributed by atoms with Crippen LogP contribution < -0.4 is 4.89 Å². The van der Waals surface area contributed by atoms with Crippen LogP contribution in [0.5, 0.6) is 0 Å². The minimum atomic E-state index is -4.65. The van der Waals surface area contributed by atoms with Crippen LogP contribution in [0.1, 0.15) is 239 Å². The monoisotopic (exact) mass is 1140 g/mol. The molecule has 0 fully saturated rings. The van der Waals surface area contributed by atoms with E-state index in [-0.39, 0.29) is 26.1 Å². The average molecular weight is 1140 g/mol. The van der Waals surface area contributed by atoms with E-state index in [0.29, 0.717) is 17.4 Å². The number of hydrogen-bond donors (Lipinski definition) is 0. The molecule has 0 bridgehead atoms. The van der Waals surface area contributed by atoms with E-state index in [1.165, 1.54) is 70.6 Å². The number of ether oxygens (including phenoxy) is 2. The Hall–Kier alpha value is -4.11. The molecule has 0 aliphatic carbocycles. The third-order valence-corrected chi connectivity index (χ3v) is 14.1. The van der Waals surface area contributed by atoms with E-state index in [0.717, 1.165) is 135 Å². The smallest absolute Gasteiger partial charge is 0.306 e. The van der Waals surface area contributed by atoms with Crippen molar-refractivity contribution in [1.82, 2.24) is 0 Å². The summed E-state index contributed by atoms with van der Waals surface area (Å²) in [4.78, 5) is 37.9. The summed E-state index contributed by atoms with van der Waals surface area (Å²) >= 11 is 0. The minimum Gasteiger partial charge on any atom is -0.756 e. The van der Waals surface area contributed by atoms with E-state index in [1.807, 2.05) is 21.1 Å². The molecule has 0 aliphatic heterocycles. The standard InChI is InChI=1S/C71H118NO8P/c1-6-8-10-12-14-16-18-20-22-24-26-27-28-29-30-31-32-33-34-35-36-37-38-39-40-41-42-43-44-45-46-48-50-52-54-56-58-60-62-64-71(74)80-69(68-79-81(75,76)78-66-65-72(3,4)5)67-77-70(73)63-61-59-57-55-53-51-49-47-25-23-21-19-17-15-13-11-9-7-2/h8,10,14,16,20,22-23,25-27,29-30,32-33,35-36,38-39,41-42,44-45,48,50,69H,6-7,9,11-13,15,17-19,21,24,28,31,34,37,40,43,46-47,49,51-68H2,1-5H3/b10-8-,16-14-,22-20-,25-23-,27-26-,30-29-,33-32-,36-35-,39-38-,42-41-,45-44-,50-48-. The number of esters is 2. The zero-order valence-corrected chi connectivity index (χ0v) is 53.1. The lowest BCUT2D eigenvalue weighted by atomic mass is 10.1. The summed E-state index contributed by atoms with van der Waals surface area (Å²) in [5.74, 6) is -0.868. The third-order valence-electron chi connectivity index (χ3n) is 13.1. The van der Waals surface area contributed by atoms with E-state index in [4.69, 9.17) is 18.5 Å². The van der Waals surface area contributed by atoms with Gasteiger partial charge < -0.3 is 27.9 Å². The van der Waals surface area contributed by atoms with E-state index in [2.05, 4.69) is 160 Å². The number of phosphoric ester groups is 1. The molecule has 0 aromatic rings.